The highest BCUT2D eigenvalue weighted by molar-refractivity contribution is 9.10. The summed E-state index contributed by atoms with van der Waals surface area (Å²) in [7, 11) is 0. The van der Waals surface area contributed by atoms with E-state index in [0.29, 0.717) is 0 Å². The number of hydrogen-bond acceptors (Lipinski definition) is 3. The number of fused-ring (bicyclic) bond motifs is 1. The number of nitrogens with zero attached hydrogens (tertiary/aromatic N) is 4. The number of rotatable bonds is 1. The van der Waals surface area contributed by atoms with E-state index in [-0.39, 0.29) is 26.7 Å². The van der Waals surface area contributed by atoms with Crippen molar-refractivity contribution in [2.45, 2.75) is 6.18 Å². The fraction of sp³-hybridized carbons (Fsp3) is 0.0833. The minimum absolute atomic E-state index is 0.0349. The summed E-state index contributed by atoms with van der Waals surface area (Å²) in [5, 5.41) is 7.85. The average Bonchev–Trinajstić information content (AvgIpc) is 2.83. The van der Waals surface area contributed by atoms with E-state index in [4.69, 9.17) is 11.6 Å². The van der Waals surface area contributed by atoms with E-state index in [0.717, 1.165) is 6.07 Å². The van der Waals surface area contributed by atoms with Gasteiger partial charge in [0.15, 0.2) is 16.6 Å². The van der Waals surface area contributed by atoms with Crippen molar-refractivity contribution in [3.63, 3.8) is 0 Å². The summed E-state index contributed by atoms with van der Waals surface area (Å²) in [5.41, 5.74) is -0.220. The molecule has 0 aliphatic rings. The molecule has 1 aromatic carbocycles. The Hall–Kier alpha value is -1.67. The smallest absolute Gasteiger partial charge is 0.278 e. The molecule has 0 fully saturated rings. The lowest BCUT2D eigenvalue weighted by Crippen LogP contribution is -2.06. The Morgan fingerprint density at radius 2 is 1.95 bits per heavy atom. The zero-order valence-corrected chi connectivity index (χ0v) is 12.4. The number of alkyl halides is 3. The van der Waals surface area contributed by atoms with Gasteiger partial charge in [-0.05, 0) is 12.1 Å². The predicted octanol–water partition coefficient (Wildman–Crippen LogP) is 4.23. The van der Waals surface area contributed by atoms with E-state index in [2.05, 4.69) is 31.1 Å². The first-order valence-electron chi connectivity index (χ1n) is 5.60. The van der Waals surface area contributed by atoms with Gasteiger partial charge in [0, 0.05) is 22.4 Å². The van der Waals surface area contributed by atoms with Crippen LogP contribution >= 0.6 is 27.5 Å². The SMILES string of the molecule is FC(F)(F)c1cc(-c2nnc3c(Cl)nccn23)ccc1Br. The highest BCUT2D eigenvalue weighted by atomic mass is 79.9. The van der Waals surface area contributed by atoms with Gasteiger partial charge in [0.1, 0.15) is 0 Å². The molecule has 0 aliphatic heterocycles. The number of hydrogen-bond donors (Lipinski definition) is 0. The zero-order valence-electron chi connectivity index (χ0n) is 10.1. The molecule has 0 saturated carbocycles. The molecular formula is C12H5BrClF3N4. The van der Waals surface area contributed by atoms with Crippen molar-refractivity contribution in [3.8, 4) is 11.4 Å². The number of halogens is 5. The second kappa shape index (κ2) is 4.96. The van der Waals surface area contributed by atoms with Crippen LogP contribution in [0.5, 0.6) is 0 Å². The minimum atomic E-state index is -4.46. The summed E-state index contributed by atoms with van der Waals surface area (Å²) in [6.07, 6.45) is -1.51. The molecular weight excluding hydrogens is 373 g/mol. The van der Waals surface area contributed by atoms with E-state index >= 15 is 0 Å². The minimum Gasteiger partial charge on any atom is -0.278 e. The lowest BCUT2D eigenvalue weighted by molar-refractivity contribution is -0.138. The zero-order chi connectivity index (χ0) is 15.2. The van der Waals surface area contributed by atoms with Gasteiger partial charge in [-0.1, -0.05) is 33.6 Å². The van der Waals surface area contributed by atoms with Crippen molar-refractivity contribution in [3.05, 3.63) is 45.8 Å². The summed E-state index contributed by atoms with van der Waals surface area (Å²) in [5.74, 6) is 0.257. The maximum absolute atomic E-state index is 12.9. The molecule has 0 bridgehead atoms. The van der Waals surface area contributed by atoms with Crippen molar-refractivity contribution in [1.82, 2.24) is 19.6 Å². The van der Waals surface area contributed by atoms with E-state index in [1.54, 1.807) is 0 Å². The van der Waals surface area contributed by atoms with Gasteiger partial charge in [-0.15, -0.1) is 10.2 Å². The Kier molecular flexibility index (Phi) is 3.37. The molecule has 3 rings (SSSR count). The second-order valence-electron chi connectivity index (χ2n) is 4.13. The van der Waals surface area contributed by atoms with Crippen molar-refractivity contribution < 1.29 is 13.2 Å². The quantitative estimate of drug-likeness (QED) is 0.637. The molecule has 2 aromatic heterocycles. The normalized spacial score (nSPS) is 12.0. The van der Waals surface area contributed by atoms with Crippen molar-refractivity contribution >= 4 is 33.2 Å². The van der Waals surface area contributed by atoms with Crippen LogP contribution in [0, 0.1) is 0 Å². The molecule has 0 radical (unpaired) electrons. The molecule has 4 nitrogen and oxygen atoms in total. The van der Waals surface area contributed by atoms with Crippen LogP contribution in [0.25, 0.3) is 17.0 Å². The van der Waals surface area contributed by atoms with Crippen molar-refractivity contribution in [1.29, 1.82) is 0 Å². The Morgan fingerprint density at radius 1 is 1.19 bits per heavy atom. The Balaban J connectivity index is 2.22. The summed E-state index contributed by atoms with van der Waals surface area (Å²) in [4.78, 5) is 3.84. The molecule has 21 heavy (non-hydrogen) atoms. The third-order valence-electron chi connectivity index (χ3n) is 2.81. The van der Waals surface area contributed by atoms with Crippen LogP contribution in [0.2, 0.25) is 5.15 Å². The van der Waals surface area contributed by atoms with E-state index in [1.165, 1.54) is 28.9 Å². The van der Waals surface area contributed by atoms with E-state index in [1.807, 2.05) is 0 Å². The summed E-state index contributed by atoms with van der Waals surface area (Å²) >= 11 is 8.76. The third kappa shape index (κ3) is 2.49. The maximum Gasteiger partial charge on any atom is 0.417 e. The van der Waals surface area contributed by atoms with Gasteiger partial charge in [0.05, 0.1) is 5.56 Å². The first kappa shape index (κ1) is 14.3. The standard InChI is InChI=1S/C12H5BrClF3N4/c13-8-2-1-6(5-7(8)12(15,16)17)10-19-20-11-9(14)18-3-4-21(10)11/h1-5H. The van der Waals surface area contributed by atoms with Gasteiger partial charge in [-0.2, -0.15) is 13.2 Å². The molecule has 0 aliphatic carbocycles. The van der Waals surface area contributed by atoms with Crippen LogP contribution in [-0.2, 0) is 6.18 Å². The molecule has 108 valence electrons. The maximum atomic E-state index is 12.9. The van der Waals surface area contributed by atoms with E-state index < -0.39 is 11.7 Å². The largest absolute Gasteiger partial charge is 0.417 e. The van der Waals surface area contributed by atoms with Gasteiger partial charge >= 0.3 is 6.18 Å². The van der Waals surface area contributed by atoms with Crippen molar-refractivity contribution in [2.75, 3.05) is 0 Å². The topological polar surface area (TPSA) is 43.1 Å². The molecule has 0 spiro atoms. The van der Waals surface area contributed by atoms with Gasteiger partial charge in [-0.3, -0.25) is 4.40 Å². The highest BCUT2D eigenvalue weighted by Gasteiger charge is 2.33. The Labute approximate surface area is 129 Å². The Morgan fingerprint density at radius 3 is 2.67 bits per heavy atom. The molecule has 0 saturated heterocycles. The number of benzene rings is 1. The molecule has 0 unspecified atom stereocenters. The van der Waals surface area contributed by atoms with Crippen LogP contribution in [0.15, 0.2) is 35.1 Å². The van der Waals surface area contributed by atoms with Crippen LogP contribution in [0.3, 0.4) is 0 Å². The van der Waals surface area contributed by atoms with Crippen LogP contribution < -0.4 is 0 Å². The third-order valence-corrected chi connectivity index (χ3v) is 3.77. The first-order chi connectivity index (χ1) is 9.88. The molecule has 9 heteroatoms. The van der Waals surface area contributed by atoms with Gasteiger partial charge in [0.2, 0.25) is 0 Å². The summed E-state index contributed by atoms with van der Waals surface area (Å²) < 4.78 is 40.3. The lowest BCUT2D eigenvalue weighted by atomic mass is 10.1. The predicted molar refractivity (Wildman–Crippen MR) is 73.9 cm³/mol. The summed E-state index contributed by atoms with van der Waals surface area (Å²) in [6.45, 7) is 0. The molecule has 0 atom stereocenters. The highest BCUT2D eigenvalue weighted by Crippen LogP contribution is 2.37. The Bertz CT molecular complexity index is 831. The van der Waals surface area contributed by atoms with Gasteiger partial charge < -0.3 is 0 Å². The van der Waals surface area contributed by atoms with Crippen LogP contribution in [0.4, 0.5) is 13.2 Å². The average molecular weight is 378 g/mol. The molecule has 0 amide bonds. The van der Waals surface area contributed by atoms with Gasteiger partial charge in [-0.25, -0.2) is 4.98 Å². The van der Waals surface area contributed by atoms with Crippen molar-refractivity contribution in [2.24, 2.45) is 0 Å². The molecule has 3 aromatic rings. The number of aromatic nitrogens is 4. The van der Waals surface area contributed by atoms with E-state index in [9.17, 15) is 13.2 Å². The van der Waals surface area contributed by atoms with Crippen LogP contribution in [-0.4, -0.2) is 19.6 Å². The van der Waals surface area contributed by atoms with Crippen LogP contribution in [0.1, 0.15) is 5.56 Å². The molecule has 0 N–H and O–H groups in total. The molecule has 2 heterocycles. The second-order valence-corrected chi connectivity index (χ2v) is 5.34. The van der Waals surface area contributed by atoms with Gasteiger partial charge in [0.25, 0.3) is 0 Å². The lowest BCUT2D eigenvalue weighted by Gasteiger charge is -2.10. The monoisotopic (exact) mass is 376 g/mol. The first-order valence-corrected chi connectivity index (χ1v) is 6.77. The fourth-order valence-electron chi connectivity index (χ4n) is 1.87. The fourth-order valence-corrected chi connectivity index (χ4v) is 2.53. The summed E-state index contributed by atoms with van der Waals surface area (Å²) in [6, 6.07) is 3.85.